The minimum Gasteiger partial charge on any atom is -0.379 e. The molecule has 1 aliphatic heterocycles. The van der Waals surface area contributed by atoms with Gasteiger partial charge in [0.05, 0.1) is 25.7 Å². The lowest BCUT2D eigenvalue weighted by molar-refractivity contribution is -0.136. The van der Waals surface area contributed by atoms with Gasteiger partial charge in [0.15, 0.2) is 0 Å². The van der Waals surface area contributed by atoms with Crippen LogP contribution in [0.1, 0.15) is 33.1 Å². The first-order valence-corrected chi connectivity index (χ1v) is 7.82. The van der Waals surface area contributed by atoms with Crippen LogP contribution in [0.5, 0.6) is 0 Å². The Morgan fingerprint density at radius 1 is 1.50 bits per heavy atom. The number of hydrogen-bond acceptors (Lipinski definition) is 3. The zero-order valence-electron chi connectivity index (χ0n) is 11.4. The molecule has 4 nitrogen and oxygen atoms in total. The van der Waals surface area contributed by atoms with Crippen molar-refractivity contribution in [2.45, 2.75) is 45.3 Å². The number of halogens is 1. The Hall–Kier alpha value is -0.130. The molecule has 1 atom stereocenters. The third-order valence-electron chi connectivity index (χ3n) is 3.07. The third kappa shape index (κ3) is 5.67. The highest BCUT2D eigenvalue weighted by Gasteiger charge is 2.23. The van der Waals surface area contributed by atoms with Crippen molar-refractivity contribution in [3.8, 4) is 0 Å². The molecule has 1 amide bonds. The maximum atomic E-state index is 12.2. The number of rotatable bonds is 8. The molecule has 1 rings (SSSR count). The molecule has 0 bridgehead atoms. The molecule has 0 aliphatic carbocycles. The predicted octanol–water partition coefficient (Wildman–Crippen LogP) is 2.20. The van der Waals surface area contributed by atoms with E-state index < -0.39 is 0 Å². The molecule has 0 aromatic rings. The van der Waals surface area contributed by atoms with E-state index in [2.05, 4.69) is 15.9 Å². The average Bonchev–Trinajstić information content (AvgIpc) is 2.81. The molecule has 5 heteroatoms. The lowest BCUT2D eigenvalue weighted by atomic mass is 10.1. The highest BCUT2D eigenvalue weighted by molar-refractivity contribution is 9.09. The summed E-state index contributed by atoms with van der Waals surface area (Å²) in [5.74, 6) is 0.180. The van der Waals surface area contributed by atoms with Crippen molar-refractivity contribution in [3.63, 3.8) is 0 Å². The van der Waals surface area contributed by atoms with Gasteiger partial charge in [-0.2, -0.15) is 0 Å². The fourth-order valence-corrected chi connectivity index (χ4v) is 2.34. The molecule has 106 valence electrons. The summed E-state index contributed by atoms with van der Waals surface area (Å²) >= 11 is 3.31. The first-order chi connectivity index (χ1) is 8.65. The summed E-state index contributed by atoms with van der Waals surface area (Å²) in [4.78, 5) is 14.1. The van der Waals surface area contributed by atoms with Crippen LogP contribution in [0.25, 0.3) is 0 Å². The van der Waals surface area contributed by atoms with E-state index in [0.29, 0.717) is 26.2 Å². The summed E-state index contributed by atoms with van der Waals surface area (Å²) < 4.78 is 10.9. The minimum absolute atomic E-state index is 0.127. The number of carbonyl (C=O) groups excluding carboxylic acids is 1. The molecule has 1 heterocycles. The number of carbonyl (C=O) groups is 1. The zero-order valence-corrected chi connectivity index (χ0v) is 12.9. The Morgan fingerprint density at radius 3 is 2.83 bits per heavy atom. The van der Waals surface area contributed by atoms with Gasteiger partial charge in [0.2, 0.25) is 5.91 Å². The van der Waals surface area contributed by atoms with E-state index in [9.17, 15) is 4.79 Å². The first kappa shape index (κ1) is 15.9. The van der Waals surface area contributed by atoms with E-state index in [1.54, 1.807) is 0 Å². The van der Waals surface area contributed by atoms with E-state index in [4.69, 9.17) is 9.47 Å². The van der Waals surface area contributed by atoms with Crippen molar-refractivity contribution < 1.29 is 14.3 Å². The lowest BCUT2D eigenvalue weighted by Gasteiger charge is -2.27. The van der Waals surface area contributed by atoms with E-state index in [1.807, 2.05) is 18.7 Å². The van der Waals surface area contributed by atoms with E-state index >= 15 is 0 Å². The van der Waals surface area contributed by atoms with Gasteiger partial charge in [-0.3, -0.25) is 4.79 Å². The van der Waals surface area contributed by atoms with E-state index in [1.165, 1.54) is 0 Å². The summed E-state index contributed by atoms with van der Waals surface area (Å²) in [7, 11) is 0. The van der Waals surface area contributed by atoms with Gasteiger partial charge in [-0.25, -0.2) is 0 Å². The summed E-state index contributed by atoms with van der Waals surface area (Å²) in [6, 6.07) is 0.214. The second-order valence-corrected chi connectivity index (χ2v) is 5.61. The zero-order chi connectivity index (χ0) is 13.4. The second kappa shape index (κ2) is 8.88. The smallest absolute Gasteiger partial charge is 0.225 e. The largest absolute Gasteiger partial charge is 0.379 e. The van der Waals surface area contributed by atoms with Crippen molar-refractivity contribution in [3.05, 3.63) is 0 Å². The number of hydrogen-bond donors (Lipinski definition) is 0. The van der Waals surface area contributed by atoms with Crippen molar-refractivity contribution in [1.29, 1.82) is 0 Å². The lowest BCUT2D eigenvalue weighted by Crippen LogP contribution is -2.40. The summed E-state index contributed by atoms with van der Waals surface area (Å²) in [6.07, 6.45) is 2.73. The molecule has 0 aromatic heterocycles. The minimum atomic E-state index is 0.127. The maximum absolute atomic E-state index is 12.2. The molecule has 0 N–H and O–H groups in total. The van der Waals surface area contributed by atoms with Gasteiger partial charge in [-0.1, -0.05) is 15.9 Å². The van der Waals surface area contributed by atoms with Crippen LogP contribution in [0.2, 0.25) is 0 Å². The highest BCUT2D eigenvalue weighted by atomic mass is 79.9. The Kier molecular flexibility index (Phi) is 7.86. The van der Waals surface area contributed by atoms with Gasteiger partial charge in [0.1, 0.15) is 0 Å². The molecular weight excluding hydrogens is 298 g/mol. The van der Waals surface area contributed by atoms with Crippen LogP contribution in [0.4, 0.5) is 0 Å². The molecule has 0 spiro atoms. The molecule has 1 unspecified atom stereocenters. The molecule has 0 saturated carbocycles. The highest BCUT2D eigenvalue weighted by Crippen LogP contribution is 2.17. The molecular formula is C13H24BrNO3. The van der Waals surface area contributed by atoms with Crippen LogP contribution in [-0.4, -0.2) is 54.6 Å². The number of nitrogens with zero attached hydrogens (tertiary/aromatic N) is 1. The first-order valence-electron chi connectivity index (χ1n) is 6.70. The monoisotopic (exact) mass is 321 g/mol. The van der Waals surface area contributed by atoms with E-state index in [0.717, 1.165) is 24.8 Å². The van der Waals surface area contributed by atoms with Crippen LogP contribution in [0.3, 0.4) is 0 Å². The predicted molar refractivity (Wildman–Crippen MR) is 75.1 cm³/mol. The number of alkyl halides is 1. The topological polar surface area (TPSA) is 38.8 Å². The van der Waals surface area contributed by atoms with Crippen molar-refractivity contribution in [2.75, 3.05) is 31.7 Å². The van der Waals surface area contributed by atoms with Crippen LogP contribution in [0, 0.1) is 0 Å². The Balaban J connectivity index is 2.32. The molecule has 18 heavy (non-hydrogen) atoms. The number of amides is 1. The molecule has 0 radical (unpaired) electrons. The molecule has 1 fully saturated rings. The quantitative estimate of drug-likeness (QED) is 0.508. The number of ether oxygens (including phenoxy) is 2. The van der Waals surface area contributed by atoms with Gasteiger partial charge in [0, 0.05) is 24.5 Å². The normalized spacial score (nSPS) is 19.4. The van der Waals surface area contributed by atoms with Gasteiger partial charge < -0.3 is 14.4 Å². The van der Waals surface area contributed by atoms with Gasteiger partial charge in [-0.05, 0) is 26.7 Å². The fourth-order valence-electron chi connectivity index (χ4n) is 2.11. The Labute approximate surface area is 118 Å². The van der Waals surface area contributed by atoms with E-state index in [-0.39, 0.29) is 18.1 Å². The summed E-state index contributed by atoms with van der Waals surface area (Å²) in [5.41, 5.74) is 0. The van der Waals surface area contributed by atoms with Crippen LogP contribution in [0.15, 0.2) is 0 Å². The molecule has 1 saturated heterocycles. The van der Waals surface area contributed by atoms with Gasteiger partial charge in [0.25, 0.3) is 0 Å². The Bertz CT molecular complexity index is 242. The second-order valence-electron chi connectivity index (χ2n) is 4.82. The third-order valence-corrected chi connectivity index (χ3v) is 3.39. The van der Waals surface area contributed by atoms with Crippen molar-refractivity contribution in [1.82, 2.24) is 4.90 Å². The van der Waals surface area contributed by atoms with Crippen LogP contribution < -0.4 is 0 Å². The fraction of sp³-hybridized carbons (Fsp3) is 0.923. The Morgan fingerprint density at radius 2 is 2.28 bits per heavy atom. The van der Waals surface area contributed by atoms with Gasteiger partial charge in [-0.15, -0.1) is 0 Å². The standard InChI is InChI=1S/C13H24BrNO3/c1-11(2)15(6-9-17-8-5-14)13(16)10-12-4-3-7-18-12/h11-12H,3-10H2,1-2H3. The molecule has 0 aromatic carbocycles. The average molecular weight is 322 g/mol. The van der Waals surface area contributed by atoms with Crippen molar-refractivity contribution in [2.24, 2.45) is 0 Å². The van der Waals surface area contributed by atoms with Crippen LogP contribution in [-0.2, 0) is 14.3 Å². The van der Waals surface area contributed by atoms with Gasteiger partial charge >= 0.3 is 0 Å². The SMILES string of the molecule is CC(C)N(CCOCCBr)C(=O)CC1CCCO1. The molecule has 1 aliphatic rings. The van der Waals surface area contributed by atoms with Crippen LogP contribution >= 0.6 is 15.9 Å². The maximum Gasteiger partial charge on any atom is 0.225 e. The van der Waals surface area contributed by atoms with Crippen molar-refractivity contribution >= 4 is 21.8 Å². The summed E-state index contributed by atoms with van der Waals surface area (Å²) in [5, 5.41) is 0.832. The summed E-state index contributed by atoms with van der Waals surface area (Å²) in [6.45, 7) is 6.83.